The van der Waals surface area contributed by atoms with Crippen molar-refractivity contribution in [2.24, 2.45) is 0 Å². The Morgan fingerprint density at radius 2 is 1.88 bits per heavy atom. The topological polar surface area (TPSA) is 38.7 Å². The Bertz CT molecular complexity index is 316. The molecule has 1 aromatic carbocycles. The van der Waals surface area contributed by atoms with Crippen LogP contribution in [0, 0.1) is 0 Å². The molecule has 0 heterocycles. The third kappa shape index (κ3) is 4.36. The number of benzene rings is 1. The third-order valence-electron chi connectivity index (χ3n) is 2.15. The molecule has 0 radical (unpaired) electrons. The van der Waals surface area contributed by atoms with Crippen LogP contribution in [0.3, 0.4) is 0 Å². The zero-order valence-corrected chi connectivity index (χ0v) is 9.72. The molecule has 0 amide bonds. The van der Waals surface area contributed by atoms with E-state index in [0.717, 1.165) is 11.5 Å². The van der Waals surface area contributed by atoms with Crippen molar-refractivity contribution in [1.82, 2.24) is 0 Å². The molecule has 0 saturated carbocycles. The van der Waals surface area contributed by atoms with Crippen LogP contribution >= 0.6 is 0 Å². The molecule has 0 spiro atoms. The highest BCUT2D eigenvalue weighted by Crippen LogP contribution is 2.17. The predicted molar refractivity (Wildman–Crippen MR) is 63.9 cm³/mol. The number of aliphatic hydroxyl groups excluding tert-OH is 1. The molecule has 1 rings (SSSR count). The monoisotopic (exact) mass is 222 g/mol. The van der Waals surface area contributed by atoms with Crippen molar-refractivity contribution in [1.29, 1.82) is 0 Å². The summed E-state index contributed by atoms with van der Waals surface area (Å²) in [6, 6.07) is 7.30. The van der Waals surface area contributed by atoms with Gasteiger partial charge < -0.3 is 14.6 Å². The van der Waals surface area contributed by atoms with Crippen molar-refractivity contribution in [3.05, 3.63) is 36.4 Å². The normalized spacial score (nSPS) is 12.7. The lowest BCUT2D eigenvalue weighted by Gasteiger charge is -2.10. The molecule has 88 valence electrons. The summed E-state index contributed by atoms with van der Waals surface area (Å²) >= 11 is 0. The van der Waals surface area contributed by atoms with Gasteiger partial charge in [0.2, 0.25) is 0 Å². The second-order valence-electron chi connectivity index (χ2n) is 3.45. The zero-order valence-electron chi connectivity index (χ0n) is 9.72. The lowest BCUT2D eigenvalue weighted by atomic mass is 10.2. The first-order valence-electron chi connectivity index (χ1n) is 5.32. The molecule has 0 saturated heterocycles. The van der Waals surface area contributed by atoms with E-state index in [1.54, 1.807) is 7.11 Å². The Labute approximate surface area is 96.3 Å². The predicted octanol–water partition coefficient (Wildman–Crippen LogP) is 2.40. The average Bonchev–Trinajstić information content (AvgIpc) is 2.34. The molecule has 0 aliphatic carbocycles. The molecule has 3 heteroatoms. The number of rotatable bonds is 6. The molecule has 0 fully saturated rings. The molecule has 0 aromatic heterocycles. The molecule has 16 heavy (non-hydrogen) atoms. The summed E-state index contributed by atoms with van der Waals surface area (Å²) in [4.78, 5) is 0. The minimum absolute atomic E-state index is 0.302. The third-order valence-corrected chi connectivity index (χ3v) is 2.15. The van der Waals surface area contributed by atoms with Crippen molar-refractivity contribution in [3.8, 4) is 11.5 Å². The van der Waals surface area contributed by atoms with Crippen LogP contribution in [-0.4, -0.2) is 24.9 Å². The first-order chi connectivity index (χ1) is 7.76. The van der Waals surface area contributed by atoms with Crippen LogP contribution in [0.5, 0.6) is 11.5 Å². The van der Waals surface area contributed by atoms with E-state index in [1.165, 1.54) is 0 Å². The van der Waals surface area contributed by atoms with Gasteiger partial charge in [-0.25, -0.2) is 0 Å². The number of hydrogen-bond donors (Lipinski definition) is 1. The molecule has 0 bridgehead atoms. The summed E-state index contributed by atoms with van der Waals surface area (Å²) in [5.41, 5.74) is 0. The second-order valence-corrected chi connectivity index (χ2v) is 3.45. The molecule has 0 aliphatic rings. The van der Waals surface area contributed by atoms with Gasteiger partial charge in [0.1, 0.15) is 18.1 Å². The molecular weight excluding hydrogens is 204 g/mol. The summed E-state index contributed by atoms with van der Waals surface area (Å²) in [5.74, 6) is 1.53. The SMILES string of the molecule is C/C=C/CC(O)COc1ccc(OC)cc1. The van der Waals surface area contributed by atoms with Crippen LogP contribution in [-0.2, 0) is 0 Å². The Kier molecular flexibility index (Phi) is 5.43. The Balaban J connectivity index is 2.36. The van der Waals surface area contributed by atoms with E-state index in [4.69, 9.17) is 9.47 Å². The molecule has 1 N–H and O–H groups in total. The maximum absolute atomic E-state index is 9.54. The molecule has 0 aliphatic heterocycles. The number of hydrogen-bond acceptors (Lipinski definition) is 3. The van der Waals surface area contributed by atoms with Crippen molar-refractivity contribution in [2.75, 3.05) is 13.7 Å². The van der Waals surface area contributed by atoms with Gasteiger partial charge in [-0.1, -0.05) is 12.2 Å². The van der Waals surface area contributed by atoms with E-state index in [-0.39, 0.29) is 0 Å². The van der Waals surface area contributed by atoms with Gasteiger partial charge in [0.05, 0.1) is 13.2 Å². The fourth-order valence-corrected chi connectivity index (χ4v) is 1.23. The quantitative estimate of drug-likeness (QED) is 0.751. The fraction of sp³-hybridized carbons (Fsp3) is 0.385. The maximum atomic E-state index is 9.54. The zero-order chi connectivity index (χ0) is 11.8. The molecule has 1 aromatic rings. The lowest BCUT2D eigenvalue weighted by Crippen LogP contribution is -2.16. The van der Waals surface area contributed by atoms with Crippen molar-refractivity contribution < 1.29 is 14.6 Å². The van der Waals surface area contributed by atoms with Crippen LogP contribution in [0.1, 0.15) is 13.3 Å². The minimum atomic E-state index is -0.460. The number of aliphatic hydroxyl groups is 1. The van der Waals surface area contributed by atoms with Crippen LogP contribution in [0.2, 0.25) is 0 Å². The van der Waals surface area contributed by atoms with Gasteiger partial charge in [-0.3, -0.25) is 0 Å². The van der Waals surface area contributed by atoms with E-state index in [9.17, 15) is 5.11 Å². The Morgan fingerprint density at radius 1 is 1.25 bits per heavy atom. The lowest BCUT2D eigenvalue weighted by molar-refractivity contribution is 0.110. The van der Waals surface area contributed by atoms with Crippen LogP contribution in [0.25, 0.3) is 0 Å². The van der Waals surface area contributed by atoms with E-state index in [1.807, 2.05) is 43.3 Å². The van der Waals surface area contributed by atoms with Crippen LogP contribution in [0.4, 0.5) is 0 Å². The number of allylic oxidation sites excluding steroid dienone is 1. The summed E-state index contributed by atoms with van der Waals surface area (Å²) in [6.45, 7) is 2.23. The van der Waals surface area contributed by atoms with Crippen LogP contribution < -0.4 is 9.47 Å². The first-order valence-corrected chi connectivity index (χ1v) is 5.32. The minimum Gasteiger partial charge on any atom is -0.497 e. The van der Waals surface area contributed by atoms with E-state index in [0.29, 0.717) is 13.0 Å². The fourth-order valence-electron chi connectivity index (χ4n) is 1.23. The van der Waals surface area contributed by atoms with Gasteiger partial charge in [0.15, 0.2) is 0 Å². The summed E-state index contributed by atoms with van der Waals surface area (Å²) in [7, 11) is 1.62. The molecule has 1 atom stereocenters. The van der Waals surface area contributed by atoms with E-state index < -0.39 is 6.10 Å². The Morgan fingerprint density at radius 3 is 2.44 bits per heavy atom. The second kappa shape index (κ2) is 6.90. The van der Waals surface area contributed by atoms with Gasteiger partial charge in [0.25, 0.3) is 0 Å². The van der Waals surface area contributed by atoms with Gasteiger partial charge in [-0.2, -0.15) is 0 Å². The van der Waals surface area contributed by atoms with Gasteiger partial charge in [0, 0.05) is 0 Å². The summed E-state index contributed by atoms with van der Waals surface area (Å²) < 4.78 is 10.5. The van der Waals surface area contributed by atoms with E-state index in [2.05, 4.69) is 0 Å². The maximum Gasteiger partial charge on any atom is 0.119 e. The smallest absolute Gasteiger partial charge is 0.119 e. The molecular formula is C13H18O3. The highest BCUT2D eigenvalue weighted by Gasteiger charge is 2.02. The van der Waals surface area contributed by atoms with Gasteiger partial charge in [-0.05, 0) is 37.6 Å². The standard InChI is InChI=1S/C13H18O3/c1-3-4-5-11(14)10-16-13-8-6-12(15-2)7-9-13/h3-4,6-9,11,14H,5,10H2,1-2H3/b4-3+. The first kappa shape index (κ1) is 12.6. The van der Waals surface area contributed by atoms with Gasteiger partial charge >= 0.3 is 0 Å². The van der Waals surface area contributed by atoms with Crippen molar-refractivity contribution in [2.45, 2.75) is 19.4 Å². The summed E-state index contributed by atoms with van der Waals surface area (Å²) in [5, 5.41) is 9.54. The van der Waals surface area contributed by atoms with Crippen molar-refractivity contribution in [3.63, 3.8) is 0 Å². The van der Waals surface area contributed by atoms with Crippen molar-refractivity contribution >= 4 is 0 Å². The number of methoxy groups -OCH3 is 1. The Hall–Kier alpha value is -1.48. The molecule has 3 nitrogen and oxygen atoms in total. The van der Waals surface area contributed by atoms with Gasteiger partial charge in [-0.15, -0.1) is 0 Å². The highest BCUT2D eigenvalue weighted by molar-refractivity contribution is 5.31. The number of ether oxygens (including phenoxy) is 2. The largest absolute Gasteiger partial charge is 0.497 e. The average molecular weight is 222 g/mol. The molecule has 1 unspecified atom stereocenters. The van der Waals surface area contributed by atoms with E-state index >= 15 is 0 Å². The summed E-state index contributed by atoms with van der Waals surface area (Å²) in [6.07, 6.45) is 3.99. The highest BCUT2D eigenvalue weighted by atomic mass is 16.5. The van der Waals surface area contributed by atoms with Crippen LogP contribution in [0.15, 0.2) is 36.4 Å².